The lowest BCUT2D eigenvalue weighted by atomic mass is 10.1. The Morgan fingerprint density at radius 2 is 1.77 bits per heavy atom. The molecule has 1 amide bonds. The highest BCUT2D eigenvalue weighted by molar-refractivity contribution is 6.08. The molecule has 1 aromatic heterocycles. The van der Waals surface area contributed by atoms with E-state index in [0.29, 0.717) is 5.56 Å². The minimum atomic E-state index is -0.253. The van der Waals surface area contributed by atoms with Crippen LogP contribution in [0.2, 0.25) is 0 Å². The maximum atomic E-state index is 12.1. The zero-order valence-electron chi connectivity index (χ0n) is 12.8. The van der Waals surface area contributed by atoms with Gasteiger partial charge in [0.1, 0.15) is 0 Å². The number of rotatable bonds is 3. The monoisotopic (exact) mass is 293 g/mol. The van der Waals surface area contributed by atoms with Crippen LogP contribution >= 0.6 is 0 Å². The van der Waals surface area contributed by atoms with E-state index in [1.165, 1.54) is 11.1 Å². The second-order valence-corrected chi connectivity index (χ2v) is 5.46. The van der Waals surface area contributed by atoms with Crippen molar-refractivity contribution in [3.8, 4) is 0 Å². The van der Waals surface area contributed by atoms with Crippen LogP contribution in [0.25, 0.3) is 10.9 Å². The molecule has 0 unspecified atom stereocenters. The van der Waals surface area contributed by atoms with E-state index in [1.807, 2.05) is 43.3 Å². The number of hydrazine groups is 1. The molecule has 3 rings (SSSR count). The van der Waals surface area contributed by atoms with Gasteiger partial charge >= 0.3 is 0 Å². The molecule has 0 bridgehead atoms. The van der Waals surface area contributed by atoms with Crippen LogP contribution in [-0.2, 0) is 6.54 Å². The minimum Gasteiger partial charge on any atom is -0.340 e. The molecule has 22 heavy (non-hydrogen) atoms. The zero-order chi connectivity index (χ0) is 15.7. The molecular formula is C18H19N3O. The van der Waals surface area contributed by atoms with Gasteiger partial charge in [0.2, 0.25) is 0 Å². The number of hydrogen-bond donors (Lipinski definition) is 2. The fourth-order valence-corrected chi connectivity index (χ4v) is 2.95. The Morgan fingerprint density at radius 3 is 2.50 bits per heavy atom. The van der Waals surface area contributed by atoms with Crippen molar-refractivity contribution in [2.75, 3.05) is 0 Å². The van der Waals surface area contributed by atoms with Crippen LogP contribution in [0, 0.1) is 13.8 Å². The van der Waals surface area contributed by atoms with Gasteiger partial charge in [0.15, 0.2) is 0 Å². The summed E-state index contributed by atoms with van der Waals surface area (Å²) in [6.45, 7) is 4.80. The molecule has 4 nitrogen and oxygen atoms in total. The predicted molar refractivity (Wildman–Crippen MR) is 88.6 cm³/mol. The largest absolute Gasteiger partial charge is 0.340 e. The third-order valence-corrected chi connectivity index (χ3v) is 4.18. The molecule has 4 heteroatoms. The number of nitrogen functional groups attached to an aromatic ring is 1. The standard InChI is InChI=1S/C18H19N3O/c1-12-7-3-4-8-14(12)11-21-13(2)17(18(22)20-19)15-9-5-6-10-16(15)21/h3-10H,11,19H2,1-2H3,(H,20,22). The minimum absolute atomic E-state index is 0.253. The summed E-state index contributed by atoms with van der Waals surface area (Å²) in [5, 5.41) is 0.927. The van der Waals surface area contributed by atoms with Crippen LogP contribution in [0.1, 0.15) is 27.2 Å². The van der Waals surface area contributed by atoms with E-state index in [1.54, 1.807) is 0 Å². The van der Waals surface area contributed by atoms with Gasteiger partial charge in [0.05, 0.1) is 5.56 Å². The first kappa shape index (κ1) is 14.4. The van der Waals surface area contributed by atoms with E-state index in [0.717, 1.165) is 23.1 Å². The molecular weight excluding hydrogens is 274 g/mol. The number of nitrogens with two attached hydrogens (primary N) is 1. The number of amides is 1. The van der Waals surface area contributed by atoms with E-state index < -0.39 is 0 Å². The van der Waals surface area contributed by atoms with Crippen molar-refractivity contribution in [1.82, 2.24) is 9.99 Å². The van der Waals surface area contributed by atoms with Crippen LogP contribution in [0.4, 0.5) is 0 Å². The molecule has 0 spiro atoms. The number of carbonyl (C=O) groups is 1. The van der Waals surface area contributed by atoms with Gasteiger partial charge in [-0.3, -0.25) is 10.2 Å². The van der Waals surface area contributed by atoms with E-state index in [2.05, 4.69) is 29.0 Å². The summed E-state index contributed by atoms with van der Waals surface area (Å²) in [5.41, 5.74) is 7.34. The Balaban J connectivity index is 2.20. The number of aromatic nitrogens is 1. The maximum Gasteiger partial charge on any atom is 0.267 e. The number of fused-ring (bicyclic) bond motifs is 1. The molecule has 0 saturated carbocycles. The van der Waals surface area contributed by atoms with Crippen molar-refractivity contribution in [2.45, 2.75) is 20.4 Å². The van der Waals surface area contributed by atoms with Crippen LogP contribution in [0.3, 0.4) is 0 Å². The Bertz CT molecular complexity index is 849. The average molecular weight is 293 g/mol. The van der Waals surface area contributed by atoms with Gasteiger partial charge in [-0.25, -0.2) is 5.84 Å². The number of carbonyl (C=O) groups excluding carboxylic acids is 1. The van der Waals surface area contributed by atoms with Crippen LogP contribution in [-0.4, -0.2) is 10.5 Å². The molecule has 2 aromatic carbocycles. The van der Waals surface area contributed by atoms with Gasteiger partial charge in [-0.2, -0.15) is 0 Å². The number of benzene rings is 2. The first-order chi connectivity index (χ1) is 10.6. The van der Waals surface area contributed by atoms with Gasteiger partial charge in [-0.1, -0.05) is 42.5 Å². The summed E-state index contributed by atoms with van der Waals surface area (Å²) in [6, 6.07) is 16.2. The summed E-state index contributed by atoms with van der Waals surface area (Å²) in [4.78, 5) is 12.1. The number of para-hydroxylation sites is 1. The van der Waals surface area contributed by atoms with E-state index in [-0.39, 0.29) is 5.91 Å². The predicted octanol–water partition coefficient (Wildman–Crippen LogP) is 2.91. The van der Waals surface area contributed by atoms with Crippen molar-refractivity contribution >= 4 is 16.8 Å². The van der Waals surface area contributed by atoms with Crippen molar-refractivity contribution in [3.05, 3.63) is 70.9 Å². The highest BCUT2D eigenvalue weighted by Crippen LogP contribution is 2.27. The molecule has 0 saturated heterocycles. The van der Waals surface area contributed by atoms with Crippen molar-refractivity contribution in [2.24, 2.45) is 5.84 Å². The van der Waals surface area contributed by atoms with Crippen LogP contribution in [0.5, 0.6) is 0 Å². The van der Waals surface area contributed by atoms with E-state index >= 15 is 0 Å². The third-order valence-electron chi connectivity index (χ3n) is 4.18. The number of nitrogens with zero attached hydrogens (tertiary/aromatic N) is 1. The van der Waals surface area contributed by atoms with Crippen LogP contribution in [0.15, 0.2) is 48.5 Å². The lowest BCUT2D eigenvalue weighted by Crippen LogP contribution is -2.30. The molecule has 0 atom stereocenters. The van der Waals surface area contributed by atoms with Gasteiger partial charge in [-0.15, -0.1) is 0 Å². The first-order valence-corrected chi connectivity index (χ1v) is 7.26. The van der Waals surface area contributed by atoms with Crippen molar-refractivity contribution < 1.29 is 4.79 Å². The Morgan fingerprint density at radius 1 is 1.09 bits per heavy atom. The zero-order valence-corrected chi connectivity index (χ0v) is 12.8. The summed E-state index contributed by atoms with van der Waals surface area (Å²) in [5.74, 6) is 5.09. The molecule has 0 aliphatic rings. The van der Waals surface area contributed by atoms with Gasteiger partial charge in [0, 0.05) is 23.1 Å². The number of aryl methyl sites for hydroxylation is 1. The molecule has 0 aliphatic heterocycles. The topological polar surface area (TPSA) is 60.0 Å². The third kappa shape index (κ3) is 2.27. The SMILES string of the molecule is Cc1ccccc1Cn1c(C)c(C(=O)NN)c2ccccc21. The summed E-state index contributed by atoms with van der Waals surface area (Å²) in [7, 11) is 0. The van der Waals surface area contributed by atoms with Crippen molar-refractivity contribution in [3.63, 3.8) is 0 Å². The van der Waals surface area contributed by atoms with E-state index in [9.17, 15) is 4.79 Å². The molecule has 3 N–H and O–H groups in total. The summed E-state index contributed by atoms with van der Waals surface area (Å²) >= 11 is 0. The molecule has 0 aliphatic carbocycles. The fraction of sp³-hybridized carbons (Fsp3) is 0.167. The smallest absolute Gasteiger partial charge is 0.267 e. The molecule has 3 aromatic rings. The van der Waals surface area contributed by atoms with Crippen LogP contribution < -0.4 is 11.3 Å². The lowest BCUT2D eigenvalue weighted by Gasteiger charge is -2.11. The second-order valence-electron chi connectivity index (χ2n) is 5.46. The normalized spacial score (nSPS) is 10.9. The van der Waals surface area contributed by atoms with Gasteiger partial charge < -0.3 is 4.57 Å². The molecule has 0 radical (unpaired) electrons. The first-order valence-electron chi connectivity index (χ1n) is 7.26. The second kappa shape index (κ2) is 5.66. The highest BCUT2D eigenvalue weighted by atomic mass is 16.2. The highest BCUT2D eigenvalue weighted by Gasteiger charge is 2.19. The van der Waals surface area contributed by atoms with Crippen molar-refractivity contribution in [1.29, 1.82) is 0 Å². The maximum absolute atomic E-state index is 12.1. The average Bonchev–Trinajstić information content (AvgIpc) is 2.81. The molecule has 0 fully saturated rings. The Hall–Kier alpha value is -2.59. The van der Waals surface area contributed by atoms with Gasteiger partial charge in [-0.05, 0) is 31.0 Å². The molecule has 112 valence electrons. The number of nitrogens with one attached hydrogen (secondary N) is 1. The summed E-state index contributed by atoms with van der Waals surface area (Å²) < 4.78 is 2.17. The Kier molecular flexibility index (Phi) is 3.69. The molecule has 1 heterocycles. The fourth-order valence-electron chi connectivity index (χ4n) is 2.95. The number of hydrogen-bond acceptors (Lipinski definition) is 2. The summed E-state index contributed by atoms with van der Waals surface area (Å²) in [6.07, 6.45) is 0. The lowest BCUT2D eigenvalue weighted by molar-refractivity contribution is 0.0954. The quantitative estimate of drug-likeness (QED) is 0.443. The van der Waals surface area contributed by atoms with Gasteiger partial charge in [0.25, 0.3) is 5.91 Å². The Labute approximate surface area is 129 Å². The van der Waals surface area contributed by atoms with E-state index in [4.69, 9.17) is 5.84 Å².